The Kier molecular flexibility index (Phi) is 6.23. The van der Waals surface area contributed by atoms with Crippen LogP contribution in [0.4, 0.5) is 0 Å². The molecule has 2 saturated heterocycles. The van der Waals surface area contributed by atoms with E-state index in [2.05, 4.69) is 19.8 Å². The number of sulfonamides is 1. The molecule has 0 aliphatic carbocycles. The lowest BCUT2D eigenvalue weighted by Gasteiger charge is -2.26. The van der Waals surface area contributed by atoms with Gasteiger partial charge >= 0.3 is 0 Å². The number of amides is 1. The summed E-state index contributed by atoms with van der Waals surface area (Å²) in [6.45, 7) is 6.86. The van der Waals surface area contributed by atoms with E-state index in [1.54, 1.807) is 11.8 Å². The Morgan fingerprint density at radius 1 is 1.23 bits per heavy atom. The van der Waals surface area contributed by atoms with Crippen molar-refractivity contribution in [3.05, 3.63) is 23.6 Å². The molecule has 2 aliphatic rings. The van der Waals surface area contributed by atoms with Crippen LogP contribution in [0.3, 0.4) is 0 Å². The first-order chi connectivity index (χ1) is 14.5. The van der Waals surface area contributed by atoms with E-state index in [1.807, 2.05) is 0 Å². The topological polar surface area (TPSA) is 121 Å². The highest BCUT2D eigenvalue weighted by Gasteiger charge is 2.28. The van der Waals surface area contributed by atoms with Gasteiger partial charge in [-0.2, -0.15) is 5.10 Å². The predicted octanol–water partition coefficient (Wildman–Crippen LogP) is 0.825. The Bertz CT molecular complexity index is 987. The largest absolute Gasteiger partial charge is 0.458 e. The minimum atomic E-state index is -3.74. The second kappa shape index (κ2) is 8.88. The van der Waals surface area contributed by atoms with Gasteiger partial charge in [0.05, 0.1) is 25.0 Å². The van der Waals surface area contributed by atoms with E-state index in [4.69, 9.17) is 9.15 Å². The molecule has 11 heteroatoms. The number of hydrogen-bond donors (Lipinski definition) is 2. The molecule has 0 radical (unpaired) electrons. The summed E-state index contributed by atoms with van der Waals surface area (Å²) >= 11 is 0. The molecule has 0 aromatic carbocycles. The summed E-state index contributed by atoms with van der Waals surface area (Å²) in [4.78, 5) is 16.8. The lowest BCUT2D eigenvalue weighted by molar-refractivity contribution is 0.0390. The predicted molar refractivity (Wildman–Crippen MR) is 109 cm³/mol. The minimum Gasteiger partial charge on any atom is -0.458 e. The number of H-pyrrole nitrogens is 1. The minimum absolute atomic E-state index is 0.0636. The SMILES string of the molecule is Cc1oc(-c2[nH]ncc2C(=O)N2CCCC2)cc1S(=O)(=O)NCCN1CCOCC1. The van der Waals surface area contributed by atoms with Crippen LogP contribution in [0, 0.1) is 6.92 Å². The van der Waals surface area contributed by atoms with Gasteiger partial charge in [0.2, 0.25) is 10.0 Å². The average Bonchev–Trinajstić information content (AvgIpc) is 3.48. The third-order valence-electron chi connectivity index (χ3n) is 5.49. The molecule has 0 saturated carbocycles. The maximum Gasteiger partial charge on any atom is 0.257 e. The van der Waals surface area contributed by atoms with Gasteiger partial charge in [-0.3, -0.25) is 14.8 Å². The number of nitrogens with zero attached hydrogens (tertiary/aromatic N) is 3. The van der Waals surface area contributed by atoms with Crippen LogP contribution in [0.25, 0.3) is 11.5 Å². The normalized spacial score (nSPS) is 18.2. The van der Waals surface area contributed by atoms with Crippen LogP contribution in [-0.4, -0.2) is 86.8 Å². The number of likely N-dealkylation sites (tertiary alicyclic amines) is 1. The third-order valence-corrected chi connectivity index (χ3v) is 7.06. The molecule has 0 atom stereocenters. The highest BCUT2D eigenvalue weighted by atomic mass is 32.2. The van der Waals surface area contributed by atoms with Gasteiger partial charge in [-0.15, -0.1) is 0 Å². The summed E-state index contributed by atoms with van der Waals surface area (Å²) in [6, 6.07) is 1.45. The molecule has 1 amide bonds. The summed E-state index contributed by atoms with van der Waals surface area (Å²) in [5.74, 6) is 0.414. The Morgan fingerprint density at radius 3 is 2.70 bits per heavy atom. The lowest BCUT2D eigenvalue weighted by atomic mass is 10.2. The van der Waals surface area contributed by atoms with Gasteiger partial charge in [0.15, 0.2) is 5.76 Å². The number of rotatable bonds is 7. The van der Waals surface area contributed by atoms with Crippen molar-refractivity contribution in [2.75, 3.05) is 52.5 Å². The molecule has 0 unspecified atom stereocenters. The molecule has 4 heterocycles. The number of furan rings is 1. The molecule has 30 heavy (non-hydrogen) atoms. The lowest BCUT2D eigenvalue weighted by Crippen LogP contribution is -2.41. The molecular formula is C19H27N5O5S. The van der Waals surface area contributed by atoms with Crippen LogP contribution in [0.2, 0.25) is 0 Å². The summed E-state index contributed by atoms with van der Waals surface area (Å²) in [7, 11) is -3.74. The summed E-state index contributed by atoms with van der Waals surface area (Å²) in [5, 5.41) is 6.76. The number of nitrogens with one attached hydrogen (secondary N) is 2. The first-order valence-corrected chi connectivity index (χ1v) is 11.7. The number of aryl methyl sites for hydroxylation is 1. The van der Waals surface area contributed by atoms with E-state index in [0.717, 1.165) is 25.9 Å². The molecule has 2 aromatic heterocycles. The first kappa shape index (κ1) is 21.0. The first-order valence-electron chi connectivity index (χ1n) is 10.2. The van der Waals surface area contributed by atoms with E-state index < -0.39 is 10.0 Å². The highest BCUT2D eigenvalue weighted by molar-refractivity contribution is 7.89. The second-order valence-corrected chi connectivity index (χ2v) is 9.28. The summed E-state index contributed by atoms with van der Waals surface area (Å²) in [6.07, 6.45) is 3.43. The van der Waals surface area contributed by atoms with Crippen LogP contribution in [0.1, 0.15) is 29.0 Å². The molecule has 10 nitrogen and oxygen atoms in total. The number of aromatic nitrogens is 2. The van der Waals surface area contributed by atoms with Gasteiger partial charge in [-0.05, 0) is 19.8 Å². The van der Waals surface area contributed by atoms with Gasteiger partial charge < -0.3 is 14.1 Å². The van der Waals surface area contributed by atoms with Crippen LogP contribution in [-0.2, 0) is 14.8 Å². The Hall–Kier alpha value is -2.21. The van der Waals surface area contributed by atoms with Gasteiger partial charge in [0.25, 0.3) is 5.91 Å². The highest BCUT2D eigenvalue weighted by Crippen LogP contribution is 2.30. The third kappa shape index (κ3) is 4.43. The molecule has 2 aromatic rings. The van der Waals surface area contributed by atoms with Crippen molar-refractivity contribution in [3.8, 4) is 11.5 Å². The molecule has 0 bridgehead atoms. The Labute approximate surface area is 175 Å². The van der Waals surface area contributed by atoms with Crippen molar-refractivity contribution in [2.24, 2.45) is 0 Å². The number of aromatic amines is 1. The molecule has 2 fully saturated rings. The number of hydrogen-bond acceptors (Lipinski definition) is 7. The van der Waals surface area contributed by atoms with Crippen LogP contribution in [0.5, 0.6) is 0 Å². The fourth-order valence-electron chi connectivity index (χ4n) is 3.82. The molecule has 2 aliphatic heterocycles. The molecule has 164 valence electrons. The van der Waals surface area contributed by atoms with Crippen molar-refractivity contribution >= 4 is 15.9 Å². The smallest absolute Gasteiger partial charge is 0.257 e. The van der Waals surface area contributed by atoms with E-state index >= 15 is 0 Å². The standard InChI is InChI=1S/C19H27N5O5S/c1-14-17(30(26,27)21-4-7-23-8-10-28-11-9-23)12-16(29-14)18-15(13-20-22-18)19(25)24-5-2-3-6-24/h12-13,21H,2-11H2,1H3,(H,20,22). The van der Waals surface area contributed by atoms with Crippen LogP contribution < -0.4 is 4.72 Å². The zero-order valence-electron chi connectivity index (χ0n) is 17.0. The quantitative estimate of drug-likeness (QED) is 0.658. The van der Waals surface area contributed by atoms with Crippen molar-refractivity contribution in [1.29, 1.82) is 0 Å². The maximum absolute atomic E-state index is 12.8. The van der Waals surface area contributed by atoms with E-state index in [0.29, 0.717) is 50.7 Å². The number of ether oxygens (including phenoxy) is 1. The molecule has 0 spiro atoms. The Balaban J connectivity index is 1.48. The van der Waals surface area contributed by atoms with Gasteiger partial charge in [0.1, 0.15) is 16.3 Å². The fourth-order valence-corrected chi connectivity index (χ4v) is 5.02. The number of morpholine rings is 1. The van der Waals surface area contributed by atoms with Gasteiger partial charge in [0, 0.05) is 45.3 Å². The zero-order valence-corrected chi connectivity index (χ0v) is 17.8. The zero-order chi connectivity index (χ0) is 21.1. The number of carbonyl (C=O) groups excluding carboxylic acids is 1. The summed E-state index contributed by atoms with van der Waals surface area (Å²) < 4.78 is 39.2. The molecule has 4 rings (SSSR count). The van der Waals surface area contributed by atoms with E-state index in [9.17, 15) is 13.2 Å². The van der Waals surface area contributed by atoms with Crippen molar-refractivity contribution in [1.82, 2.24) is 24.7 Å². The van der Waals surface area contributed by atoms with Crippen molar-refractivity contribution < 1.29 is 22.4 Å². The van der Waals surface area contributed by atoms with E-state index in [-0.39, 0.29) is 22.3 Å². The van der Waals surface area contributed by atoms with Crippen molar-refractivity contribution in [3.63, 3.8) is 0 Å². The molecular weight excluding hydrogens is 410 g/mol. The Morgan fingerprint density at radius 2 is 1.97 bits per heavy atom. The van der Waals surface area contributed by atoms with Crippen LogP contribution >= 0.6 is 0 Å². The van der Waals surface area contributed by atoms with E-state index in [1.165, 1.54) is 12.3 Å². The van der Waals surface area contributed by atoms with Gasteiger partial charge in [-0.25, -0.2) is 13.1 Å². The van der Waals surface area contributed by atoms with Gasteiger partial charge in [-0.1, -0.05) is 0 Å². The second-order valence-electron chi connectivity index (χ2n) is 7.54. The maximum atomic E-state index is 12.8. The monoisotopic (exact) mass is 437 g/mol. The summed E-state index contributed by atoms with van der Waals surface area (Å²) in [5.41, 5.74) is 0.777. The number of carbonyl (C=O) groups is 1. The average molecular weight is 438 g/mol. The van der Waals surface area contributed by atoms with Crippen LogP contribution in [0.15, 0.2) is 21.6 Å². The molecule has 2 N–H and O–H groups in total. The van der Waals surface area contributed by atoms with Crippen molar-refractivity contribution in [2.45, 2.75) is 24.7 Å². The fraction of sp³-hybridized carbons (Fsp3) is 0.579.